The van der Waals surface area contributed by atoms with Crippen molar-refractivity contribution in [2.45, 2.75) is 57.0 Å². The molecule has 0 spiro atoms. The predicted octanol–water partition coefficient (Wildman–Crippen LogP) is 1.22. The lowest BCUT2D eigenvalue weighted by Crippen LogP contribution is -2.46. The molecule has 1 atom stereocenters. The molecule has 0 aromatic heterocycles. The SMILES string of the molecule is O=C(CN1CCC[C@H]1CN1CCCCC1)NC1CC1. The second-order valence-electron chi connectivity index (χ2n) is 6.47. The Balaban J connectivity index is 1.44. The van der Waals surface area contributed by atoms with Gasteiger partial charge in [0.05, 0.1) is 6.54 Å². The summed E-state index contributed by atoms with van der Waals surface area (Å²) < 4.78 is 0. The van der Waals surface area contributed by atoms with Crippen LogP contribution in [0.4, 0.5) is 0 Å². The molecule has 4 nitrogen and oxygen atoms in total. The first-order chi connectivity index (χ1) is 9.31. The molecule has 19 heavy (non-hydrogen) atoms. The Labute approximate surface area is 116 Å². The number of nitrogens with one attached hydrogen (secondary N) is 1. The lowest BCUT2D eigenvalue weighted by atomic mass is 10.1. The van der Waals surface area contributed by atoms with Crippen LogP contribution in [0.15, 0.2) is 0 Å². The maximum absolute atomic E-state index is 11.9. The van der Waals surface area contributed by atoms with Gasteiger partial charge in [-0.15, -0.1) is 0 Å². The Morgan fingerprint density at radius 3 is 2.53 bits per heavy atom. The van der Waals surface area contributed by atoms with Crippen molar-refractivity contribution >= 4 is 5.91 Å². The molecule has 0 unspecified atom stereocenters. The van der Waals surface area contributed by atoms with Crippen LogP contribution >= 0.6 is 0 Å². The summed E-state index contributed by atoms with van der Waals surface area (Å²) in [7, 11) is 0. The summed E-state index contributed by atoms with van der Waals surface area (Å²) in [6.07, 6.45) is 9.01. The Morgan fingerprint density at radius 2 is 1.79 bits per heavy atom. The number of hydrogen-bond donors (Lipinski definition) is 1. The molecule has 2 aliphatic heterocycles. The van der Waals surface area contributed by atoms with Crippen molar-refractivity contribution in [2.75, 3.05) is 32.7 Å². The number of carbonyl (C=O) groups is 1. The van der Waals surface area contributed by atoms with Gasteiger partial charge >= 0.3 is 0 Å². The third kappa shape index (κ3) is 3.93. The molecule has 3 aliphatic rings. The predicted molar refractivity (Wildman–Crippen MR) is 76.1 cm³/mol. The molecule has 3 fully saturated rings. The molecule has 1 amide bonds. The highest BCUT2D eigenvalue weighted by molar-refractivity contribution is 5.78. The summed E-state index contributed by atoms with van der Waals surface area (Å²) in [4.78, 5) is 16.9. The summed E-state index contributed by atoms with van der Waals surface area (Å²) in [6.45, 7) is 5.43. The molecule has 108 valence electrons. The highest BCUT2D eigenvalue weighted by atomic mass is 16.2. The maximum atomic E-state index is 11.9. The molecule has 4 heteroatoms. The zero-order chi connectivity index (χ0) is 13.1. The van der Waals surface area contributed by atoms with Gasteiger partial charge in [-0.3, -0.25) is 9.69 Å². The minimum absolute atomic E-state index is 0.244. The molecule has 0 bridgehead atoms. The summed E-state index contributed by atoms with van der Waals surface area (Å²) in [5.41, 5.74) is 0. The number of hydrogen-bond acceptors (Lipinski definition) is 3. The van der Waals surface area contributed by atoms with Crippen LogP contribution in [0.3, 0.4) is 0 Å². The zero-order valence-electron chi connectivity index (χ0n) is 11.9. The second-order valence-corrected chi connectivity index (χ2v) is 6.47. The molecule has 0 aromatic carbocycles. The molecule has 1 N–H and O–H groups in total. The fraction of sp³-hybridized carbons (Fsp3) is 0.933. The first kappa shape index (κ1) is 13.4. The quantitative estimate of drug-likeness (QED) is 0.812. The van der Waals surface area contributed by atoms with E-state index in [4.69, 9.17) is 0 Å². The van der Waals surface area contributed by atoms with Gasteiger partial charge in [-0.2, -0.15) is 0 Å². The highest BCUT2D eigenvalue weighted by Gasteiger charge is 2.30. The normalized spacial score (nSPS) is 29.6. The minimum atomic E-state index is 0.244. The van der Waals surface area contributed by atoms with Gasteiger partial charge in [0.1, 0.15) is 0 Å². The van der Waals surface area contributed by atoms with Gasteiger partial charge in [0.25, 0.3) is 0 Å². The Hall–Kier alpha value is -0.610. The van der Waals surface area contributed by atoms with Crippen LogP contribution < -0.4 is 5.32 Å². The van der Waals surface area contributed by atoms with Gasteiger partial charge in [0.2, 0.25) is 5.91 Å². The Kier molecular flexibility index (Phi) is 4.38. The molecule has 0 aromatic rings. The van der Waals surface area contributed by atoms with Gasteiger partial charge in [-0.25, -0.2) is 0 Å². The minimum Gasteiger partial charge on any atom is -0.352 e. The van der Waals surface area contributed by atoms with Crippen molar-refractivity contribution in [3.63, 3.8) is 0 Å². The van der Waals surface area contributed by atoms with Crippen LogP contribution in [0.2, 0.25) is 0 Å². The molecule has 2 saturated heterocycles. The largest absolute Gasteiger partial charge is 0.352 e. The molecule has 1 saturated carbocycles. The highest BCUT2D eigenvalue weighted by Crippen LogP contribution is 2.21. The fourth-order valence-corrected chi connectivity index (χ4v) is 3.44. The first-order valence-electron chi connectivity index (χ1n) is 8.07. The topological polar surface area (TPSA) is 35.6 Å². The van der Waals surface area contributed by atoms with E-state index in [1.807, 2.05) is 0 Å². The summed E-state index contributed by atoms with van der Waals surface area (Å²) >= 11 is 0. The van der Waals surface area contributed by atoms with Gasteiger partial charge in [-0.05, 0) is 58.2 Å². The van der Waals surface area contributed by atoms with Crippen molar-refractivity contribution in [2.24, 2.45) is 0 Å². The van der Waals surface area contributed by atoms with Crippen molar-refractivity contribution < 1.29 is 4.79 Å². The van der Waals surface area contributed by atoms with E-state index >= 15 is 0 Å². The van der Waals surface area contributed by atoms with E-state index in [1.165, 1.54) is 64.6 Å². The van der Waals surface area contributed by atoms with Crippen molar-refractivity contribution in [1.29, 1.82) is 0 Å². The number of piperidine rings is 1. The number of amides is 1. The van der Waals surface area contributed by atoms with Crippen molar-refractivity contribution in [3.05, 3.63) is 0 Å². The molecule has 1 aliphatic carbocycles. The van der Waals surface area contributed by atoms with Gasteiger partial charge in [0.15, 0.2) is 0 Å². The fourth-order valence-electron chi connectivity index (χ4n) is 3.44. The third-order valence-electron chi connectivity index (χ3n) is 4.71. The maximum Gasteiger partial charge on any atom is 0.234 e. The number of nitrogens with zero attached hydrogens (tertiary/aromatic N) is 2. The zero-order valence-corrected chi connectivity index (χ0v) is 11.9. The van der Waals surface area contributed by atoms with E-state index in [0.29, 0.717) is 18.6 Å². The summed E-state index contributed by atoms with van der Waals surface area (Å²) in [5.74, 6) is 0.244. The van der Waals surface area contributed by atoms with E-state index in [1.54, 1.807) is 0 Å². The Morgan fingerprint density at radius 1 is 1.00 bits per heavy atom. The van der Waals surface area contributed by atoms with Crippen LogP contribution in [0, 0.1) is 0 Å². The lowest BCUT2D eigenvalue weighted by Gasteiger charge is -2.32. The van der Waals surface area contributed by atoms with E-state index < -0.39 is 0 Å². The van der Waals surface area contributed by atoms with Crippen LogP contribution in [-0.2, 0) is 4.79 Å². The third-order valence-corrected chi connectivity index (χ3v) is 4.71. The van der Waals surface area contributed by atoms with Crippen LogP contribution in [0.25, 0.3) is 0 Å². The van der Waals surface area contributed by atoms with E-state index in [-0.39, 0.29) is 5.91 Å². The number of likely N-dealkylation sites (tertiary alicyclic amines) is 2. The standard InChI is InChI=1S/C15H27N3O/c19-15(16-13-6-7-13)12-18-10-4-5-14(18)11-17-8-2-1-3-9-17/h13-14H,1-12H2,(H,16,19)/t14-/m0/s1. The molecule has 0 radical (unpaired) electrons. The number of rotatable bonds is 5. The smallest absolute Gasteiger partial charge is 0.234 e. The molecule has 3 rings (SSSR count). The second kappa shape index (κ2) is 6.23. The first-order valence-corrected chi connectivity index (χ1v) is 8.07. The number of carbonyl (C=O) groups excluding carboxylic acids is 1. The van der Waals surface area contributed by atoms with E-state index in [9.17, 15) is 4.79 Å². The van der Waals surface area contributed by atoms with Crippen LogP contribution in [0.1, 0.15) is 44.9 Å². The monoisotopic (exact) mass is 265 g/mol. The Bertz CT molecular complexity index is 311. The average Bonchev–Trinajstić information content (AvgIpc) is 3.12. The van der Waals surface area contributed by atoms with Crippen molar-refractivity contribution in [1.82, 2.24) is 15.1 Å². The van der Waals surface area contributed by atoms with Crippen LogP contribution in [-0.4, -0.2) is 60.5 Å². The van der Waals surface area contributed by atoms with Gasteiger partial charge < -0.3 is 10.2 Å². The summed E-state index contributed by atoms with van der Waals surface area (Å²) in [5, 5.41) is 3.11. The van der Waals surface area contributed by atoms with Crippen molar-refractivity contribution in [3.8, 4) is 0 Å². The lowest BCUT2D eigenvalue weighted by molar-refractivity contribution is -0.122. The molecular formula is C15H27N3O. The van der Waals surface area contributed by atoms with Gasteiger partial charge in [0, 0.05) is 18.6 Å². The van der Waals surface area contributed by atoms with E-state index in [2.05, 4.69) is 15.1 Å². The molecular weight excluding hydrogens is 238 g/mol. The van der Waals surface area contributed by atoms with Crippen LogP contribution in [0.5, 0.6) is 0 Å². The summed E-state index contributed by atoms with van der Waals surface area (Å²) in [6, 6.07) is 1.11. The molecule has 2 heterocycles. The van der Waals surface area contributed by atoms with Gasteiger partial charge in [-0.1, -0.05) is 6.42 Å². The average molecular weight is 265 g/mol. The van der Waals surface area contributed by atoms with E-state index in [0.717, 1.165) is 6.54 Å².